The van der Waals surface area contributed by atoms with Gasteiger partial charge >= 0.3 is 0 Å². The molecule has 1 aromatic carbocycles. The second kappa shape index (κ2) is 5.61. The van der Waals surface area contributed by atoms with Crippen LogP contribution in [0.1, 0.15) is 12.5 Å². The first-order valence-electron chi connectivity index (χ1n) is 6.29. The van der Waals surface area contributed by atoms with Crippen molar-refractivity contribution in [1.82, 2.24) is 4.98 Å². The Morgan fingerprint density at radius 3 is 2.42 bits per heavy atom. The number of hydrogen-bond donors (Lipinski definition) is 1. The second-order valence-electron chi connectivity index (χ2n) is 4.35. The fourth-order valence-corrected chi connectivity index (χ4v) is 1.88. The lowest BCUT2D eigenvalue weighted by Gasteiger charge is -2.19. The topological polar surface area (TPSA) is 51.4 Å². The van der Waals surface area contributed by atoms with E-state index < -0.39 is 0 Å². The molecule has 2 rings (SSSR count). The summed E-state index contributed by atoms with van der Waals surface area (Å²) >= 11 is 0. The van der Waals surface area contributed by atoms with Crippen LogP contribution in [-0.2, 0) is 6.42 Å². The van der Waals surface area contributed by atoms with Crippen LogP contribution in [0.2, 0.25) is 0 Å². The van der Waals surface area contributed by atoms with E-state index in [1.807, 2.05) is 18.0 Å². The molecule has 2 N–H and O–H groups in total. The third-order valence-corrected chi connectivity index (χ3v) is 3.14. The van der Waals surface area contributed by atoms with Gasteiger partial charge in [0, 0.05) is 12.7 Å². The molecule has 4 heteroatoms. The molecule has 0 aliphatic heterocycles. The fourth-order valence-electron chi connectivity index (χ4n) is 1.88. The maximum absolute atomic E-state index is 5.77. The number of aryl methyl sites for hydroxylation is 1. The standard InChI is InChI=1S/C15H19N3O/c1-4-11-5-7-12(8-6-11)18(2)14-10-9-13(16)15(17-14)19-3/h5-10H,4,16H2,1-3H3. The van der Waals surface area contributed by atoms with E-state index in [-0.39, 0.29) is 0 Å². The van der Waals surface area contributed by atoms with Crippen molar-refractivity contribution in [2.75, 3.05) is 24.8 Å². The van der Waals surface area contributed by atoms with Crippen LogP contribution in [-0.4, -0.2) is 19.1 Å². The SMILES string of the molecule is CCc1ccc(N(C)c2ccc(N)c(OC)n2)cc1. The molecule has 19 heavy (non-hydrogen) atoms. The summed E-state index contributed by atoms with van der Waals surface area (Å²) in [7, 11) is 3.54. The van der Waals surface area contributed by atoms with Gasteiger partial charge in [0.2, 0.25) is 5.88 Å². The van der Waals surface area contributed by atoms with Gasteiger partial charge in [-0.2, -0.15) is 4.98 Å². The number of rotatable bonds is 4. The summed E-state index contributed by atoms with van der Waals surface area (Å²) in [4.78, 5) is 6.39. The van der Waals surface area contributed by atoms with E-state index in [2.05, 4.69) is 36.2 Å². The Bertz CT molecular complexity index is 552. The molecular formula is C15H19N3O. The van der Waals surface area contributed by atoms with Gasteiger partial charge in [0.05, 0.1) is 12.8 Å². The molecule has 0 bridgehead atoms. The van der Waals surface area contributed by atoms with Crippen molar-refractivity contribution in [1.29, 1.82) is 0 Å². The average Bonchev–Trinajstić information content (AvgIpc) is 2.47. The first kappa shape index (κ1) is 13.2. The summed E-state index contributed by atoms with van der Waals surface area (Å²) in [5.74, 6) is 1.25. The lowest BCUT2D eigenvalue weighted by Crippen LogP contribution is -2.12. The van der Waals surface area contributed by atoms with Crippen LogP contribution in [0.5, 0.6) is 5.88 Å². The number of hydrogen-bond acceptors (Lipinski definition) is 4. The second-order valence-corrected chi connectivity index (χ2v) is 4.35. The molecule has 2 aromatic rings. The molecule has 0 aliphatic rings. The molecule has 0 amide bonds. The first-order chi connectivity index (χ1) is 9.15. The van der Waals surface area contributed by atoms with Crippen LogP contribution in [0.15, 0.2) is 36.4 Å². The molecule has 1 aromatic heterocycles. The summed E-state index contributed by atoms with van der Waals surface area (Å²) in [6.07, 6.45) is 1.04. The first-order valence-corrected chi connectivity index (χ1v) is 6.29. The van der Waals surface area contributed by atoms with Crippen molar-refractivity contribution in [3.8, 4) is 5.88 Å². The van der Waals surface area contributed by atoms with Gasteiger partial charge in [-0.05, 0) is 36.2 Å². The lowest BCUT2D eigenvalue weighted by molar-refractivity contribution is 0.400. The minimum absolute atomic E-state index is 0.453. The van der Waals surface area contributed by atoms with E-state index in [1.165, 1.54) is 5.56 Å². The highest BCUT2D eigenvalue weighted by Gasteiger charge is 2.08. The number of benzene rings is 1. The number of nitrogen functional groups attached to an aromatic ring is 1. The minimum atomic E-state index is 0.453. The summed E-state index contributed by atoms with van der Waals surface area (Å²) in [5.41, 5.74) is 8.71. The predicted molar refractivity (Wildman–Crippen MR) is 79.1 cm³/mol. The quantitative estimate of drug-likeness (QED) is 0.914. The molecule has 0 atom stereocenters. The number of aromatic nitrogens is 1. The molecular weight excluding hydrogens is 238 g/mol. The zero-order valence-electron chi connectivity index (χ0n) is 11.6. The van der Waals surface area contributed by atoms with Gasteiger partial charge in [0.25, 0.3) is 0 Å². The van der Waals surface area contributed by atoms with Crippen molar-refractivity contribution in [3.63, 3.8) is 0 Å². The van der Waals surface area contributed by atoms with Crippen molar-refractivity contribution >= 4 is 17.2 Å². The van der Waals surface area contributed by atoms with Gasteiger partial charge < -0.3 is 15.4 Å². The molecule has 0 saturated heterocycles. The van der Waals surface area contributed by atoms with Crippen LogP contribution in [0.4, 0.5) is 17.2 Å². The zero-order chi connectivity index (χ0) is 13.8. The Morgan fingerprint density at radius 1 is 1.16 bits per heavy atom. The molecule has 0 saturated carbocycles. The minimum Gasteiger partial charge on any atom is -0.479 e. The zero-order valence-corrected chi connectivity index (χ0v) is 11.6. The van der Waals surface area contributed by atoms with E-state index in [4.69, 9.17) is 10.5 Å². The highest BCUT2D eigenvalue weighted by molar-refractivity contribution is 5.63. The molecule has 0 aliphatic carbocycles. The van der Waals surface area contributed by atoms with Crippen LogP contribution >= 0.6 is 0 Å². The van der Waals surface area contributed by atoms with Crippen molar-refractivity contribution in [2.24, 2.45) is 0 Å². The van der Waals surface area contributed by atoms with Crippen molar-refractivity contribution in [3.05, 3.63) is 42.0 Å². The number of nitrogens with two attached hydrogens (primary N) is 1. The third kappa shape index (κ3) is 2.78. The van der Waals surface area contributed by atoms with E-state index in [1.54, 1.807) is 13.2 Å². The van der Waals surface area contributed by atoms with Crippen LogP contribution < -0.4 is 15.4 Å². The van der Waals surface area contributed by atoms with E-state index in [0.717, 1.165) is 17.9 Å². The Labute approximate surface area is 113 Å². The molecule has 0 unspecified atom stereocenters. The van der Waals surface area contributed by atoms with Gasteiger partial charge in [-0.3, -0.25) is 0 Å². The van der Waals surface area contributed by atoms with Crippen LogP contribution in [0.25, 0.3) is 0 Å². The molecule has 100 valence electrons. The molecule has 0 radical (unpaired) electrons. The van der Waals surface area contributed by atoms with Gasteiger partial charge in [0.15, 0.2) is 0 Å². The van der Waals surface area contributed by atoms with Crippen LogP contribution in [0, 0.1) is 0 Å². The highest BCUT2D eigenvalue weighted by Crippen LogP contribution is 2.27. The number of pyridine rings is 1. The molecule has 4 nitrogen and oxygen atoms in total. The Kier molecular flexibility index (Phi) is 3.90. The largest absolute Gasteiger partial charge is 0.479 e. The van der Waals surface area contributed by atoms with E-state index in [9.17, 15) is 0 Å². The highest BCUT2D eigenvalue weighted by atomic mass is 16.5. The number of anilines is 3. The van der Waals surface area contributed by atoms with Crippen LogP contribution in [0.3, 0.4) is 0 Å². The van der Waals surface area contributed by atoms with E-state index >= 15 is 0 Å². The molecule has 0 spiro atoms. The van der Waals surface area contributed by atoms with Gasteiger partial charge in [0.1, 0.15) is 5.82 Å². The third-order valence-electron chi connectivity index (χ3n) is 3.14. The summed E-state index contributed by atoms with van der Waals surface area (Å²) in [6.45, 7) is 2.14. The Hall–Kier alpha value is -2.23. The average molecular weight is 257 g/mol. The summed E-state index contributed by atoms with van der Waals surface area (Å²) in [6, 6.07) is 12.1. The van der Waals surface area contributed by atoms with Crippen molar-refractivity contribution in [2.45, 2.75) is 13.3 Å². The van der Waals surface area contributed by atoms with Gasteiger partial charge in [-0.25, -0.2) is 0 Å². The molecule has 0 fully saturated rings. The fraction of sp³-hybridized carbons (Fsp3) is 0.267. The Morgan fingerprint density at radius 2 is 1.84 bits per heavy atom. The normalized spacial score (nSPS) is 10.3. The monoisotopic (exact) mass is 257 g/mol. The van der Waals surface area contributed by atoms with E-state index in [0.29, 0.717) is 11.6 Å². The summed E-state index contributed by atoms with van der Waals surface area (Å²) in [5, 5.41) is 0. The molecule has 1 heterocycles. The lowest BCUT2D eigenvalue weighted by atomic mass is 10.1. The number of methoxy groups -OCH3 is 1. The van der Waals surface area contributed by atoms with Gasteiger partial charge in [-0.1, -0.05) is 19.1 Å². The number of nitrogens with zero attached hydrogens (tertiary/aromatic N) is 2. The maximum atomic E-state index is 5.77. The maximum Gasteiger partial charge on any atom is 0.238 e. The smallest absolute Gasteiger partial charge is 0.238 e. The van der Waals surface area contributed by atoms with Crippen molar-refractivity contribution < 1.29 is 4.74 Å². The number of ether oxygens (including phenoxy) is 1. The Balaban J connectivity index is 2.29. The predicted octanol–water partition coefficient (Wildman–Crippen LogP) is 3.00. The summed E-state index contributed by atoms with van der Waals surface area (Å²) < 4.78 is 5.15. The van der Waals surface area contributed by atoms with Gasteiger partial charge in [-0.15, -0.1) is 0 Å².